The van der Waals surface area contributed by atoms with Crippen LogP contribution >= 0.6 is 0 Å². The lowest BCUT2D eigenvalue weighted by molar-refractivity contribution is -0.139. The van der Waals surface area contributed by atoms with E-state index in [0.29, 0.717) is 12.2 Å². The Morgan fingerprint density at radius 1 is 0.933 bits per heavy atom. The van der Waals surface area contributed by atoms with Crippen molar-refractivity contribution in [2.24, 2.45) is 0 Å². The Hall–Kier alpha value is -2.36. The molecule has 0 aromatic heterocycles. The standard InChI is InChI=1S/C16H30O2.C10H10O2/c1-4-5-6-7-8-9-10-11-12-13-14-18-16(17)15(2)3;11-10(12)8-4-7-9-5-2-1-3-6-9/h2,4-14H2,1,3H3;1-7H,8H2,(H,11,12). The Balaban J connectivity index is 0.000000604. The highest BCUT2D eigenvalue weighted by Gasteiger charge is 2.01. The van der Waals surface area contributed by atoms with Crippen molar-refractivity contribution < 1.29 is 19.4 Å². The van der Waals surface area contributed by atoms with Gasteiger partial charge in [-0.05, 0) is 18.9 Å². The zero-order valence-electron chi connectivity index (χ0n) is 18.9. The number of benzene rings is 1. The van der Waals surface area contributed by atoms with Gasteiger partial charge in [0, 0.05) is 5.57 Å². The summed E-state index contributed by atoms with van der Waals surface area (Å²) in [5.74, 6) is -1.06. The number of esters is 1. The van der Waals surface area contributed by atoms with Gasteiger partial charge in [-0.3, -0.25) is 4.79 Å². The summed E-state index contributed by atoms with van der Waals surface area (Å²) in [5, 5.41) is 8.34. The molecule has 0 bridgehead atoms. The topological polar surface area (TPSA) is 63.6 Å². The van der Waals surface area contributed by atoms with Gasteiger partial charge >= 0.3 is 11.9 Å². The minimum atomic E-state index is -0.804. The van der Waals surface area contributed by atoms with E-state index in [-0.39, 0.29) is 12.4 Å². The van der Waals surface area contributed by atoms with Crippen molar-refractivity contribution in [3.05, 3.63) is 54.1 Å². The van der Waals surface area contributed by atoms with Crippen LogP contribution in [0.3, 0.4) is 0 Å². The summed E-state index contributed by atoms with van der Waals surface area (Å²) in [6, 6.07) is 9.62. The maximum Gasteiger partial charge on any atom is 0.333 e. The second-order valence-electron chi connectivity index (χ2n) is 7.51. The predicted molar refractivity (Wildman–Crippen MR) is 125 cm³/mol. The van der Waals surface area contributed by atoms with Crippen LogP contribution in [0.15, 0.2) is 48.6 Å². The third-order valence-electron chi connectivity index (χ3n) is 4.48. The number of ether oxygens (including phenoxy) is 1. The number of aliphatic carboxylic acids is 1. The number of carboxylic acid groups (broad SMARTS) is 1. The average molecular weight is 417 g/mol. The van der Waals surface area contributed by atoms with Gasteiger partial charge in [-0.25, -0.2) is 4.79 Å². The van der Waals surface area contributed by atoms with Crippen molar-refractivity contribution in [2.75, 3.05) is 6.61 Å². The zero-order valence-corrected chi connectivity index (χ0v) is 18.9. The molecule has 1 aromatic carbocycles. The molecule has 0 atom stereocenters. The van der Waals surface area contributed by atoms with Crippen molar-refractivity contribution >= 4 is 18.0 Å². The number of hydrogen-bond acceptors (Lipinski definition) is 3. The number of carbonyl (C=O) groups excluding carboxylic acids is 1. The molecule has 1 aromatic rings. The zero-order chi connectivity index (χ0) is 22.5. The monoisotopic (exact) mass is 416 g/mol. The molecule has 0 aliphatic rings. The first-order valence-electron chi connectivity index (χ1n) is 11.2. The molecule has 0 amide bonds. The van der Waals surface area contributed by atoms with E-state index in [1.54, 1.807) is 19.1 Å². The summed E-state index contributed by atoms with van der Waals surface area (Å²) >= 11 is 0. The number of unbranched alkanes of at least 4 members (excludes halogenated alkanes) is 9. The van der Waals surface area contributed by atoms with E-state index in [0.717, 1.165) is 12.0 Å². The molecule has 0 heterocycles. The van der Waals surface area contributed by atoms with Gasteiger partial charge in [0.15, 0.2) is 0 Å². The van der Waals surface area contributed by atoms with Crippen molar-refractivity contribution in [3.63, 3.8) is 0 Å². The van der Waals surface area contributed by atoms with Crippen LogP contribution in [0.25, 0.3) is 6.08 Å². The van der Waals surface area contributed by atoms with E-state index in [1.807, 2.05) is 30.3 Å². The lowest BCUT2D eigenvalue weighted by Crippen LogP contribution is -2.05. The fourth-order valence-electron chi connectivity index (χ4n) is 2.74. The first kappa shape index (κ1) is 27.6. The molecule has 1 rings (SSSR count). The number of carbonyl (C=O) groups is 2. The third-order valence-corrected chi connectivity index (χ3v) is 4.48. The summed E-state index contributed by atoms with van der Waals surface area (Å²) < 4.78 is 5.04. The van der Waals surface area contributed by atoms with Gasteiger partial charge in [-0.2, -0.15) is 0 Å². The Morgan fingerprint density at radius 3 is 1.97 bits per heavy atom. The molecule has 0 unspecified atom stereocenters. The Kier molecular flexibility index (Phi) is 18.4. The lowest BCUT2D eigenvalue weighted by Gasteiger charge is -2.04. The van der Waals surface area contributed by atoms with Gasteiger partial charge in [-0.15, -0.1) is 0 Å². The Morgan fingerprint density at radius 2 is 1.47 bits per heavy atom. The summed E-state index contributed by atoms with van der Waals surface area (Å²) in [6.07, 6.45) is 16.5. The van der Waals surface area contributed by atoms with E-state index >= 15 is 0 Å². The van der Waals surface area contributed by atoms with E-state index in [1.165, 1.54) is 57.8 Å². The SMILES string of the molecule is C=C(C)C(=O)OCCCCCCCCCCCC.O=C(O)CC=Cc1ccccc1. The van der Waals surface area contributed by atoms with Crippen molar-refractivity contribution in [1.29, 1.82) is 0 Å². The van der Waals surface area contributed by atoms with Gasteiger partial charge < -0.3 is 9.84 Å². The Bertz CT molecular complexity index is 605. The van der Waals surface area contributed by atoms with Crippen LogP contribution in [-0.2, 0) is 14.3 Å². The molecular weight excluding hydrogens is 376 g/mol. The van der Waals surface area contributed by atoms with Crippen LogP contribution in [0, 0.1) is 0 Å². The van der Waals surface area contributed by atoms with Crippen molar-refractivity contribution in [2.45, 2.75) is 84.5 Å². The third kappa shape index (κ3) is 19.0. The van der Waals surface area contributed by atoms with Gasteiger partial charge in [0.25, 0.3) is 0 Å². The highest BCUT2D eigenvalue weighted by molar-refractivity contribution is 5.86. The summed E-state index contributed by atoms with van der Waals surface area (Å²) in [7, 11) is 0. The summed E-state index contributed by atoms with van der Waals surface area (Å²) in [5.41, 5.74) is 1.51. The van der Waals surface area contributed by atoms with E-state index in [4.69, 9.17) is 9.84 Å². The molecule has 4 heteroatoms. The lowest BCUT2D eigenvalue weighted by atomic mass is 10.1. The molecule has 0 aliphatic carbocycles. The highest BCUT2D eigenvalue weighted by Crippen LogP contribution is 2.10. The van der Waals surface area contributed by atoms with E-state index < -0.39 is 5.97 Å². The molecule has 168 valence electrons. The number of hydrogen-bond donors (Lipinski definition) is 1. The molecule has 0 aliphatic heterocycles. The highest BCUT2D eigenvalue weighted by atomic mass is 16.5. The molecule has 30 heavy (non-hydrogen) atoms. The van der Waals surface area contributed by atoms with Crippen LogP contribution in [0.5, 0.6) is 0 Å². The average Bonchev–Trinajstić information content (AvgIpc) is 2.72. The Labute approximate surface area is 183 Å². The van der Waals surface area contributed by atoms with E-state index in [9.17, 15) is 9.59 Å². The molecule has 0 spiro atoms. The van der Waals surface area contributed by atoms with Crippen LogP contribution < -0.4 is 0 Å². The summed E-state index contributed by atoms with van der Waals surface area (Å²) in [4.78, 5) is 21.2. The van der Waals surface area contributed by atoms with Gasteiger partial charge in [0.2, 0.25) is 0 Å². The molecule has 0 radical (unpaired) electrons. The maximum absolute atomic E-state index is 11.1. The largest absolute Gasteiger partial charge is 0.481 e. The minimum absolute atomic E-state index is 0.0783. The van der Waals surface area contributed by atoms with Gasteiger partial charge in [0.05, 0.1) is 13.0 Å². The second kappa shape index (κ2) is 19.9. The second-order valence-corrected chi connectivity index (χ2v) is 7.51. The fraction of sp³-hybridized carbons (Fsp3) is 0.538. The van der Waals surface area contributed by atoms with E-state index in [2.05, 4.69) is 13.5 Å². The smallest absolute Gasteiger partial charge is 0.333 e. The number of rotatable bonds is 15. The predicted octanol–water partition coefficient (Wildman–Crippen LogP) is 7.20. The first-order valence-corrected chi connectivity index (χ1v) is 11.2. The van der Waals surface area contributed by atoms with Gasteiger partial charge in [-0.1, -0.05) is 114 Å². The quantitative estimate of drug-likeness (QED) is 0.186. The molecule has 0 saturated heterocycles. The van der Waals surface area contributed by atoms with Crippen LogP contribution in [0.4, 0.5) is 0 Å². The molecule has 1 N–H and O–H groups in total. The normalized spacial score (nSPS) is 10.3. The van der Waals surface area contributed by atoms with Crippen LogP contribution in [0.2, 0.25) is 0 Å². The van der Waals surface area contributed by atoms with Crippen molar-refractivity contribution in [1.82, 2.24) is 0 Å². The van der Waals surface area contributed by atoms with Gasteiger partial charge in [0.1, 0.15) is 0 Å². The molecule has 0 fully saturated rings. The molecule has 4 nitrogen and oxygen atoms in total. The number of carboxylic acids is 1. The van der Waals surface area contributed by atoms with Crippen LogP contribution in [-0.4, -0.2) is 23.7 Å². The molecular formula is C26H40O4. The fourth-order valence-corrected chi connectivity index (χ4v) is 2.74. The maximum atomic E-state index is 11.1. The summed E-state index contributed by atoms with van der Waals surface area (Å²) in [6.45, 7) is 8.03. The first-order chi connectivity index (χ1) is 14.5. The van der Waals surface area contributed by atoms with Crippen molar-refractivity contribution in [3.8, 4) is 0 Å². The molecule has 0 saturated carbocycles. The van der Waals surface area contributed by atoms with Crippen LogP contribution in [0.1, 0.15) is 90.0 Å². The minimum Gasteiger partial charge on any atom is -0.481 e.